The first-order chi connectivity index (χ1) is 13.5. The summed E-state index contributed by atoms with van der Waals surface area (Å²) in [6, 6.07) is 10.0. The second-order valence-corrected chi connectivity index (χ2v) is 7.66. The third kappa shape index (κ3) is 11.3. The Balaban J connectivity index is 2.46. The molecule has 0 amide bonds. The van der Waals surface area contributed by atoms with Gasteiger partial charge in [0, 0.05) is 12.0 Å². The number of nitrogens with zero attached hydrogens (tertiary/aromatic N) is 1. The minimum absolute atomic E-state index is 0.166. The van der Waals surface area contributed by atoms with E-state index in [0.29, 0.717) is 11.5 Å². The number of aliphatic carboxylic acids is 1. The van der Waals surface area contributed by atoms with Crippen molar-refractivity contribution < 1.29 is 14.7 Å². The van der Waals surface area contributed by atoms with Crippen molar-refractivity contribution >= 4 is 12.3 Å². The normalized spacial score (nSPS) is 13.1. The van der Waals surface area contributed by atoms with E-state index in [9.17, 15) is 9.59 Å². The molecule has 0 aliphatic carbocycles. The summed E-state index contributed by atoms with van der Waals surface area (Å²) in [5.41, 5.74) is 1.90. The Labute approximate surface area is 169 Å². The zero-order valence-corrected chi connectivity index (χ0v) is 17.0. The van der Waals surface area contributed by atoms with E-state index in [1.165, 1.54) is 24.5 Å². The summed E-state index contributed by atoms with van der Waals surface area (Å²) >= 11 is 0. The van der Waals surface area contributed by atoms with Crippen LogP contribution in [0.1, 0.15) is 75.8 Å². The van der Waals surface area contributed by atoms with Crippen molar-refractivity contribution in [1.82, 2.24) is 0 Å². The Morgan fingerprint density at radius 1 is 1.14 bits per heavy atom. The number of aldehydes is 1. The van der Waals surface area contributed by atoms with Gasteiger partial charge in [-0.1, -0.05) is 57.2 Å². The molecule has 152 valence electrons. The number of benzene rings is 1. The molecule has 0 heterocycles. The predicted molar refractivity (Wildman–Crippen MR) is 112 cm³/mol. The Hall–Kier alpha value is -2.41. The molecule has 0 aromatic heterocycles. The lowest BCUT2D eigenvalue weighted by atomic mass is 9.88. The maximum Gasteiger partial charge on any atom is 0.327 e. The van der Waals surface area contributed by atoms with Crippen LogP contribution in [0.3, 0.4) is 0 Å². The molecule has 28 heavy (non-hydrogen) atoms. The molecule has 2 atom stereocenters. The fraction of sp³-hybridized carbons (Fsp3) is 0.542. The molecule has 2 unspecified atom stereocenters. The van der Waals surface area contributed by atoms with Crippen LogP contribution in [0, 0.1) is 23.2 Å². The summed E-state index contributed by atoms with van der Waals surface area (Å²) in [6.07, 6.45) is 14.5. The molecule has 1 rings (SSSR count). The van der Waals surface area contributed by atoms with Gasteiger partial charge in [-0.05, 0) is 55.7 Å². The summed E-state index contributed by atoms with van der Waals surface area (Å²) < 4.78 is 0. The minimum atomic E-state index is -0.895. The number of allylic oxidation sites excluding steroid dienone is 1. The first-order valence-corrected chi connectivity index (χ1v) is 10.4. The van der Waals surface area contributed by atoms with Gasteiger partial charge >= 0.3 is 5.97 Å². The SMILES string of the molecule is CC(C=O)CCCCCCC(CCCC=CC(=O)O)Cc1cccc(C#N)c1. The maximum atomic E-state index is 10.7. The number of nitriles is 1. The molecule has 1 aromatic carbocycles. The van der Waals surface area contributed by atoms with E-state index in [4.69, 9.17) is 10.4 Å². The highest BCUT2D eigenvalue weighted by Crippen LogP contribution is 2.23. The van der Waals surface area contributed by atoms with Gasteiger partial charge in [0.15, 0.2) is 0 Å². The standard InChI is InChI=1S/C24H33NO3/c1-20(19-26)10-5-2-3-6-11-21(12-7-4-8-15-24(27)28)16-22-13-9-14-23(17-22)18-25/h8-9,13-15,17,19-21H,2-7,10-12,16H2,1H3,(H,27,28). The van der Waals surface area contributed by atoms with Gasteiger partial charge < -0.3 is 9.90 Å². The highest BCUT2D eigenvalue weighted by molar-refractivity contribution is 5.79. The molecule has 1 aromatic rings. The lowest BCUT2D eigenvalue weighted by Crippen LogP contribution is -2.05. The molecule has 4 nitrogen and oxygen atoms in total. The summed E-state index contributed by atoms with van der Waals surface area (Å²) in [5, 5.41) is 17.8. The van der Waals surface area contributed by atoms with Crippen molar-refractivity contribution in [3.8, 4) is 6.07 Å². The van der Waals surface area contributed by atoms with E-state index in [-0.39, 0.29) is 5.92 Å². The number of carboxylic acids is 1. The number of carbonyl (C=O) groups is 2. The molecular weight excluding hydrogens is 350 g/mol. The molecule has 0 bridgehead atoms. The van der Waals surface area contributed by atoms with Crippen LogP contribution in [0.5, 0.6) is 0 Å². The smallest absolute Gasteiger partial charge is 0.327 e. The average molecular weight is 384 g/mol. The molecule has 0 aliphatic rings. The lowest BCUT2D eigenvalue weighted by Gasteiger charge is -2.17. The number of hydrogen-bond donors (Lipinski definition) is 1. The van der Waals surface area contributed by atoms with Gasteiger partial charge in [-0.2, -0.15) is 5.26 Å². The molecule has 4 heteroatoms. The van der Waals surface area contributed by atoms with Crippen molar-refractivity contribution in [2.24, 2.45) is 11.8 Å². The quantitative estimate of drug-likeness (QED) is 0.239. The predicted octanol–water partition coefficient (Wildman–Crippen LogP) is 5.70. The highest BCUT2D eigenvalue weighted by Gasteiger charge is 2.10. The first kappa shape index (κ1) is 23.6. The van der Waals surface area contributed by atoms with Crippen LogP contribution in [-0.2, 0) is 16.0 Å². The number of rotatable bonds is 15. The zero-order valence-electron chi connectivity index (χ0n) is 17.0. The molecule has 0 saturated heterocycles. The number of hydrogen-bond acceptors (Lipinski definition) is 3. The van der Waals surface area contributed by atoms with E-state index in [0.717, 1.165) is 57.7 Å². The monoisotopic (exact) mass is 383 g/mol. The Morgan fingerprint density at radius 2 is 1.86 bits per heavy atom. The van der Waals surface area contributed by atoms with Crippen LogP contribution in [0.2, 0.25) is 0 Å². The summed E-state index contributed by atoms with van der Waals surface area (Å²) in [7, 11) is 0. The van der Waals surface area contributed by atoms with E-state index >= 15 is 0 Å². The second-order valence-electron chi connectivity index (χ2n) is 7.66. The van der Waals surface area contributed by atoms with E-state index in [1.807, 2.05) is 25.1 Å². The summed E-state index contributed by atoms with van der Waals surface area (Å²) in [6.45, 7) is 1.97. The van der Waals surface area contributed by atoms with E-state index in [2.05, 4.69) is 12.1 Å². The molecule has 0 fully saturated rings. The van der Waals surface area contributed by atoms with Crippen LogP contribution in [0.15, 0.2) is 36.4 Å². The molecular formula is C24H33NO3. The summed E-state index contributed by atoms with van der Waals surface area (Å²) in [5.74, 6) is -0.186. The Kier molecular flexibility index (Phi) is 12.3. The highest BCUT2D eigenvalue weighted by atomic mass is 16.4. The first-order valence-electron chi connectivity index (χ1n) is 10.4. The molecule has 0 radical (unpaired) electrons. The average Bonchev–Trinajstić information content (AvgIpc) is 2.69. The number of carbonyl (C=O) groups excluding carboxylic acids is 1. The fourth-order valence-corrected chi connectivity index (χ4v) is 3.48. The molecule has 0 spiro atoms. The largest absolute Gasteiger partial charge is 0.478 e. The lowest BCUT2D eigenvalue weighted by molar-refractivity contribution is -0.131. The van der Waals surface area contributed by atoms with Gasteiger partial charge in [-0.15, -0.1) is 0 Å². The van der Waals surface area contributed by atoms with Gasteiger partial charge in [-0.25, -0.2) is 4.79 Å². The van der Waals surface area contributed by atoms with Crippen LogP contribution in [0.25, 0.3) is 0 Å². The van der Waals surface area contributed by atoms with Gasteiger partial charge in [0.05, 0.1) is 11.6 Å². The Bertz CT molecular complexity index is 660. The van der Waals surface area contributed by atoms with Crippen LogP contribution >= 0.6 is 0 Å². The second kappa shape index (κ2) is 14.6. The van der Waals surface area contributed by atoms with Crippen LogP contribution in [-0.4, -0.2) is 17.4 Å². The molecule has 1 N–H and O–H groups in total. The third-order valence-corrected chi connectivity index (χ3v) is 5.08. The third-order valence-electron chi connectivity index (χ3n) is 5.08. The van der Waals surface area contributed by atoms with Crippen LogP contribution < -0.4 is 0 Å². The van der Waals surface area contributed by atoms with E-state index < -0.39 is 5.97 Å². The molecule has 0 saturated carbocycles. The van der Waals surface area contributed by atoms with Gasteiger partial charge in [0.1, 0.15) is 6.29 Å². The van der Waals surface area contributed by atoms with Crippen molar-refractivity contribution in [2.45, 2.75) is 71.1 Å². The summed E-state index contributed by atoms with van der Waals surface area (Å²) in [4.78, 5) is 21.2. The van der Waals surface area contributed by atoms with Gasteiger partial charge in [0.25, 0.3) is 0 Å². The maximum absolute atomic E-state index is 10.7. The van der Waals surface area contributed by atoms with Crippen molar-refractivity contribution in [3.63, 3.8) is 0 Å². The topological polar surface area (TPSA) is 78.2 Å². The van der Waals surface area contributed by atoms with Crippen molar-refractivity contribution in [1.29, 1.82) is 5.26 Å². The van der Waals surface area contributed by atoms with Crippen LogP contribution in [0.4, 0.5) is 0 Å². The van der Waals surface area contributed by atoms with Gasteiger partial charge in [-0.3, -0.25) is 0 Å². The van der Waals surface area contributed by atoms with Crippen molar-refractivity contribution in [3.05, 3.63) is 47.5 Å². The van der Waals surface area contributed by atoms with Crippen molar-refractivity contribution in [2.75, 3.05) is 0 Å². The number of carboxylic acid groups (broad SMARTS) is 1. The minimum Gasteiger partial charge on any atom is -0.478 e. The Morgan fingerprint density at radius 3 is 2.54 bits per heavy atom. The molecule has 0 aliphatic heterocycles. The van der Waals surface area contributed by atoms with E-state index in [1.54, 1.807) is 6.08 Å². The number of unbranched alkanes of at least 4 members (excludes halogenated alkanes) is 4. The van der Waals surface area contributed by atoms with Gasteiger partial charge in [0.2, 0.25) is 0 Å². The zero-order chi connectivity index (χ0) is 20.6. The fourth-order valence-electron chi connectivity index (χ4n) is 3.48.